The van der Waals surface area contributed by atoms with Crippen molar-refractivity contribution in [2.45, 2.75) is 29.4 Å². The van der Waals surface area contributed by atoms with E-state index in [0.717, 1.165) is 9.10 Å². The second-order valence-corrected chi connectivity index (χ2v) is 7.47. The summed E-state index contributed by atoms with van der Waals surface area (Å²) in [7, 11) is 0. The maximum absolute atomic E-state index is 12.3. The molecule has 1 heterocycles. The molecule has 2 aromatic rings. The summed E-state index contributed by atoms with van der Waals surface area (Å²) in [6.45, 7) is 3.36. The third-order valence-corrected chi connectivity index (χ3v) is 5.36. The van der Waals surface area contributed by atoms with Gasteiger partial charge in [-0.2, -0.15) is 0 Å². The molecule has 0 aliphatic heterocycles. The van der Waals surface area contributed by atoms with Crippen LogP contribution in [0.2, 0.25) is 0 Å². The van der Waals surface area contributed by atoms with Gasteiger partial charge in [0.2, 0.25) is 5.78 Å². The van der Waals surface area contributed by atoms with Gasteiger partial charge >= 0.3 is 5.97 Å². The number of Topliss-reactive ketones (excluding diaryl/α,β-unsaturated/α-hetero) is 2. The minimum absolute atomic E-state index is 0.00379. The molecule has 0 radical (unpaired) electrons. The van der Waals surface area contributed by atoms with Gasteiger partial charge in [0.15, 0.2) is 5.78 Å². The van der Waals surface area contributed by atoms with E-state index in [1.54, 1.807) is 31.0 Å². The molecule has 6 heteroatoms. The second-order valence-electron chi connectivity index (χ2n) is 5.18. The average molecular weight is 362 g/mol. The summed E-state index contributed by atoms with van der Waals surface area (Å²) in [5.41, 5.74) is 0.571. The summed E-state index contributed by atoms with van der Waals surface area (Å²) in [5, 5.41) is 1.79. The smallest absolute Gasteiger partial charge is 0.374 e. The molecule has 0 unspecified atom stereocenters. The molecule has 24 heavy (non-hydrogen) atoms. The molecule has 0 N–H and O–H groups in total. The van der Waals surface area contributed by atoms with Gasteiger partial charge in [0.1, 0.15) is 0 Å². The van der Waals surface area contributed by atoms with Gasteiger partial charge in [-0.3, -0.25) is 9.59 Å². The summed E-state index contributed by atoms with van der Waals surface area (Å²) in [5.74, 6) is -2.35. The van der Waals surface area contributed by atoms with Gasteiger partial charge < -0.3 is 4.74 Å². The van der Waals surface area contributed by atoms with E-state index < -0.39 is 17.7 Å². The van der Waals surface area contributed by atoms with Crippen LogP contribution in [0.5, 0.6) is 0 Å². The minimum atomic E-state index is -0.872. The Morgan fingerprint density at radius 1 is 1.21 bits per heavy atom. The number of benzene rings is 1. The first-order valence-electron chi connectivity index (χ1n) is 7.56. The molecule has 0 fully saturated rings. The molecule has 0 amide bonds. The van der Waals surface area contributed by atoms with Crippen LogP contribution in [0.3, 0.4) is 0 Å². The van der Waals surface area contributed by atoms with Gasteiger partial charge in [-0.05, 0) is 25.1 Å². The third-order valence-electron chi connectivity index (χ3n) is 3.27. The number of carbonyl (C=O) groups excluding carboxylic acids is 3. The van der Waals surface area contributed by atoms with E-state index in [-0.39, 0.29) is 18.8 Å². The molecule has 0 spiro atoms. The first kappa shape index (κ1) is 18.4. The van der Waals surface area contributed by atoms with E-state index in [0.29, 0.717) is 5.56 Å². The fraction of sp³-hybridized carbons (Fsp3) is 0.278. The van der Waals surface area contributed by atoms with E-state index in [9.17, 15) is 14.4 Å². The molecular weight excluding hydrogens is 344 g/mol. The SMILES string of the molecule is CCOC(=O)C(=O)[C@H](C)CC(=O)c1csc(Sc2ccccc2)c1. The topological polar surface area (TPSA) is 60.4 Å². The molecule has 126 valence electrons. The van der Waals surface area contributed by atoms with Gasteiger partial charge in [0, 0.05) is 28.2 Å². The van der Waals surface area contributed by atoms with E-state index in [1.165, 1.54) is 11.3 Å². The van der Waals surface area contributed by atoms with Crippen molar-refractivity contribution in [1.29, 1.82) is 0 Å². The predicted molar refractivity (Wildman–Crippen MR) is 94.6 cm³/mol. The highest BCUT2D eigenvalue weighted by Gasteiger charge is 2.25. The van der Waals surface area contributed by atoms with Crippen LogP contribution in [0.1, 0.15) is 30.6 Å². The number of ether oxygens (including phenoxy) is 1. The molecule has 0 saturated heterocycles. The zero-order valence-corrected chi connectivity index (χ0v) is 15.1. The first-order chi connectivity index (χ1) is 11.5. The Morgan fingerprint density at radius 2 is 1.92 bits per heavy atom. The summed E-state index contributed by atoms with van der Waals surface area (Å²) in [6.07, 6.45) is 0.00379. The zero-order chi connectivity index (χ0) is 17.5. The number of hydrogen-bond donors (Lipinski definition) is 0. The molecule has 2 rings (SSSR count). The molecule has 1 aromatic heterocycles. The predicted octanol–water partition coefficient (Wildman–Crippen LogP) is 4.24. The highest BCUT2D eigenvalue weighted by Crippen LogP contribution is 2.33. The van der Waals surface area contributed by atoms with Crippen molar-refractivity contribution in [3.63, 3.8) is 0 Å². The number of esters is 1. The Hall–Kier alpha value is -1.92. The lowest BCUT2D eigenvalue weighted by Crippen LogP contribution is -2.25. The number of thiophene rings is 1. The van der Waals surface area contributed by atoms with Crippen LogP contribution >= 0.6 is 23.1 Å². The number of ketones is 2. The maximum atomic E-state index is 12.3. The van der Waals surface area contributed by atoms with Crippen LogP contribution in [0.4, 0.5) is 0 Å². The molecule has 1 atom stereocenters. The largest absolute Gasteiger partial charge is 0.460 e. The fourth-order valence-electron chi connectivity index (χ4n) is 2.01. The van der Waals surface area contributed by atoms with Gasteiger partial charge in [0.05, 0.1) is 10.8 Å². The Labute approximate surface area is 149 Å². The summed E-state index contributed by atoms with van der Waals surface area (Å²) >= 11 is 3.08. The van der Waals surface area contributed by atoms with Crippen molar-refractivity contribution in [2.75, 3.05) is 6.61 Å². The van der Waals surface area contributed by atoms with Gasteiger partial charge in [-0.1, -0.05) is 36.9 Å². The van der Waals surface area contributed by atoms with Gasteiger partial charge in [-0.25, -0.2) is 4.79 Å². The van der Waals surface area contributed by atoms with E-state index in [1.807, 2.05) is 36.4 Å². The van der Waals surface area contributed by atoms with Crippen molar-refractivity contribution in [1.82, 2.24) is 0 Å². The van der Waals surface area contributed by atoms with Crippen LogP contribution in [-0.2, 0) is 14.3 Å². The lowest BCUT2D eigenvalue weighted by Gasteiger charge is -2.07. The number of rotatable bonds is 8. The lowest BCUT2D eigenvalue weighted by molar-refractivity contribution is -0.155. The monoisotopic (exact) mass is 362 g/mol. The minimum Gasteiger partial charge on any atom is -0.460 e. The third kappa shape index (κ3) is 5.04. The van der Waals surface area contributed by atoms with E-state index >= 15 is 0 Å². The highest BCUT2D eigenvalue weighted by molar-refractivity contribution is 8.01. The Kier molecular flexibility index (Phi) is 6.75. The number of carbonyl (C=O) groups is 3. The van der Waals surface area contributed by atoms with Gasteiger partial charge in [-0.15, -0.1) is 11.3 Å². The lowest BCUT2D eigenvalue weighted by atomic mass is 9.97. The Bertz CT molecular complexity index is 722. The number of hydrogen-bond acceptors (Lipinski definition) is 6. The zero-order valence-electron chi connectivity index (χ0n) is 13.5. The Morgan fingerprint density at radius 3 is 2.58 bits per heavy atom. The summed E-state index contributed by atoms with van der Waals surface area (Å²) in [6, 6.07) is 11.7. The van der Waals surface area contributed by atoms with Crippen molar-refractivity contribution in [3.05, 3.63) is 47.3 Å². The molecule has 0 aliphatic rings. The second kappa shape index (κ2) is 8.80. The van der Waals surface area contributed by atoms with Crippen LogP contribution in [0.25, 0.3) is 0 Å². The van der Waals surface area contributed by atoms with Gasteiger partial charge in [0.25, 0.3) is 0 Å². The van der Waals surface area contributed by atoms with E-state index in [2.05, 4.69) is 4.74 Å². The summed E-state index contributed by atoms with van der Waals surface area (Å²) in [4.78, 5) is 36.6. The summed E-state index contributed by atoms with van der Waals surface area (Å²) < 4.78 is 5.69. The van der Waals surface area contributed by atoms with Crippen LogP contribution in [0, 0.1) is 5.92 Å². The van der Waals surface area contributed by atoms with Crippen molar-refractivity contribution in [3.8, 4) is 0 Å². The molecule has 0 aliphatic carbocycles. The van der Waals surface area contributed by atoms with Crippen molar-refractivity contribution in [2.24, 2.45) is 5.92 Å². The molecular formula is C18H18O4S2. The van der Waals surface area contributed by atoms with Crippen molar-refractivity contribution < 1.29 is 19.1 Å². The quantitative estimate of drug-likeness (QED) is 0.399. The maximum Gasteiger partial charge on any atom is 0.374 e. The fourth-order valence-corrected chi connectivity index (χ4v) is 3.99. The standard InChI is InChI=1S/C18H18O4S2/c1-3-22-18(21)17(20)12(2)9-15(19)13-10-16(23-11-13)24-14-7-5-4-6-8-14/h4-8,10-12H,3,9H2,1-2H3/t12-/m1/s1. The molecule has 4 nitrogen and oxygen atoms in total. The first-order valence-corrected chi connectivity index (χ1v) is 9.26. The van der Waals surface area contributed by atoms with Crippen molar-refractivity contribution >= 4 is 40.6 Å². The van der Waals surface area contributed by atoms with Crippen LogP contribution < -0.4 is 0 Å². The molecule has 0 saturated carbocycles. The average Bonchev–Trinajstić information content (AvgIpc) is 3.03. The highest BCUT2D eigenvalue weighted by atomic mass is 32.2. The molecule has 0 bridgehead atoms. The Balaban J connectivity index is 1.96. The van der Waals surface area contributed by atoms with Crippen LogP contribution in [0.15, 0.2) is 50.9 Å². The normalized spacial score (nSPS) is 11.8. The molecule has 1 aromatic carbocycles. The van der Waals surface area contributed by atoms with E-state index in [4.69, 9.17) is 0 Å². The van der Waals surface area contributed by atoms with Crippen LogP contribution in [-0.4, -0.2) is 24.1 Å².